The summed E-state index contributed by atoms with van der Waals surface area (Å²) in [6.07, 6.45) is 0. The summed E-state index contributed by atoms with van der Waals surface area (Å²) in [5.41, 5.74) is 23.7. The van der Waals surface area contributed by atoms with Crippen molar-refractivity contribution >= 4 is 194 Å². The Morgan fingerprint density at radius 3 is 0.718 bits per heavy atom. The van der Waals surface area contributed by atoms with Crippen molar-refractivity contribution in [3.8, 4) is 89.0 Å². The van der Waals surface area contributed by atoms with Crippen LogP contribution in [-0.4, -0.2) is 0 Å². The molecule has 0 atom stereocenters. The van der Waals surface area contributed by atoms with Crippen LogP contribution in [0, 0.1) is 0 Å². The molecule has 0 unspecified atom stereocenters. The third-order valence-corrected chi connectivity index (χ3v) is 28.4. The predicted octanol–water partition coefficient (Wildman–Crippen LogP) is 37.2. The molecule has 0 amide bonds. The zero-order valence-electron chi connectivity index (χ0n) is 71.3. The van der Waals surface area contributed by atoms with Crippen LogP contribution in [0.1, 0.15) is 0 Å². The smallest absolute Gasteiger partial charge is 0.136 e. The fraction of sp³-hybridized carbons (Fsp3) is 0. The van der Waals surface area contributed by atoms with Gasteiger partial charge < -0.3 is 8.83 Å². The van der Waals surface area contributed by atoms with Crippen molar-refractivity contribution in [1.82, 2.24) is 0 Å². The molecule has 3 heterocycles. The van der Waals surface area contributed by atoms with E-state index in [2.05, 4.69) is 473 Å². The normalized spacial score (nSPS) is 11.8. The molecule has 0 bridgehead atoms. The van der Waals surface area contributed by atoms with Gasteiger partial charge in [-0.15, -0.1) is 11.3 Å². The Morgan fingerprint density at radius 2 is 0.359 bits per heavy atom. The number of fused-ring (bicyclic) bond motifs is 20. The maximum Gasteiger partial charge on any atom is 0.136 e. The maximum atomic E-state index is 6.37. The summed E-state index contributed by atoms with van der Waals surface area (Å²) in [5, 5.41) is 35.0. The van der Waals surface area contributed by atoms with Gasteiger partial charge in [0, 0.05) is 41.7 Å². The fourth-order valence-corrected chi connectivity index (χ4v) is 22.4. The summed E-state index contributed by atoms with van der Waals surface area (Å²) in [6.45, 7) is 0. The van der Waals surface area contributed by atoms with Crippen LogP contribution in [0.5, 0.6) is 0 Å². The lowest BCUT2D eigenvalue weighted by atomic mass is 9.85. The van der Waals surface area contributed by atoms with E-state index in [1.165, 1.54) is 228 Å². The lowest BCUT2D eigenvalue weighted by Crippen LogP contribution is -1.91. The first kappa shape index (κ1) is 75.5. The lowest BCUT2D eigenvalue weighted by Gasteiger charge is -2.18. The van der Waals surface area contributed by atoms with Gasteiger partial charge in [-0.1, -0.05) is 400 Å². The Balaban J connectivity index is 0.000000104. The number of hydrogen-bond donors (Lipinski definition) is 0. The molecule has 0 aliphatic rings. The molecule has 0 spiro atoms. The van der Waals surface area contributed by atoms with E-state index in [0.717, 1.165) is 43.9 Å². The standard InChI is InChI=1S/C46H28O.C46H28S.C36H22O/c2*1-2-12-33-28-44-42(26-32(33)11-1)41-27-34(24-25-43(41)47-44)46-39-17-7-5-15-37(39)45(38-16-6-8-18-40(38)46)31-22-20-30(21-23-31)36-19-9-13-29-10-3-4-14-35(29)36;1-2-10-23(11-3-1)35-27-14-6-8-16-29(27)36(30-17-9-7-15-28(30)35)26-18-19-33-31(21-26)32-20-24-12-4-5-13-25(24)22-34(32)37-33/h2*1-28H;1-22H. The van der Waals surface area contributed by atoms with Gasteiger partial charge in [-0.2, -0.15) is 0 Å². The van der Waals surface area contributed by atoms with Crippen LogP contribution in [0.25, 0.3) is 272 Å². The minimum Gasteiger partial charge on any atom is -0.456 e. The predicted molar refractivity (Wildman–Crippen MR) is 563 cm³/mol. The first-order valence-corrected chi connectivity index (χ1v) is 45.9. The highest BCUT2D eigenvalue weighted by molar-refractivity contribution is 7.26. The van der Waals surface area contributed by atoms with Gasteiger partial charge in [0.2, 0.25) is 0 Å². The first-order valence-electron chi connectivity index (χ1n) is 45.0. The van der Waals surface area contributed by atoms with Crippen LogP contribution in [0.4, 0.5) is 0 Å². The van der Waals surface area contributed by atoms with Crippen molar-refractivity contribution in [1.29, 1.82) is 0 Å². The molecule has 131 heavy (non-hydrogen) atoms. The number of furan rings is 2. The Labute approximate surface area is 759 Å². The van der Waals surface area contributed by atoms with Crippen LogP contribution >= 0.6 is 11.3 Å². The van der Waals surface area contributed by atoms with E-state index in [4.69, 9.17) is 8.83 Å². The number of benzene rings is 25. The van der Waals surface area contributed by atoms with Gasteiger partial charge in [0.05, 0.1) is 0 Å². The molecule has 28 rings (SSSR count). The Kier molecular flexibility index (Phi) is 17.9. The van der Waals surface area contributed by atoms with Gasteiger partial charge in [-0.25, -0.2) is 0 Å². The summed E-state index contributed by atoms with van der Waals surface area (Å²) < 4.78 is 15.3. The zero-order valence-corrected chi connectivity index (χ0v) is 72.1. The molecular weight excluding hydrogens is 1600 g/mol. The Bertz CT molecular complexity index is 8960. The monoisotopic (exact) mass is 1680 g/mol. The van der Waals surface area contributed by atoms with Gasteiger partial charge in [0.1, 0.15) is 22.3 Å². The molecule has 3 heteroatoms. The second-order valence-electron chi connectivity index (χ2n) is 34.6. The molecule has 0 radical (unpaired) electrons. The molecule has 0 fully saturated rings. The van der Waals surface area contributed by atoms with E-state index in [-0.39, 0.29) is 0 Å². The summed E-state index contributed by atoms with van der Waals surface area (Å²) in [4.78, 5) is 0. The first-order chi connectivity index (χ1) is 64.9. The van der Waals surface area contributed by atoms with Crippen molar-refractivity contribution in [3.63, 3.8) is 0 Å². The highest BCUT2D eigenvalue weighted by Gasteiger charge is 2.24. The topological polar surface area (TPSA) is 26.3 Å². The fourth-order valence-electron chi connectivity index (χ4n) is 21.3. The van der Waals surface area contributed by atoms with Gasteiger partial charge in [-0.05, 0) is 280 Å². The van der Waals surface area contributed by atoms with E-state index < -0.39 is 0 Å². The van der Waals surface area contributed by atoms with Crippen LogP contribution in [0.15, 0.2) is 482 Å². The van der Waals surface area contributed by atoms with Crippen LogP contribution in [0.2, 0.25) is 0 Å². The molecule has 608 valence electrons. The van der Waals surface area contributed by atoms with Crippen LogP contribution in [0.3, 0.4) is 0 Å². The highest BCUT2D eigenvalue weighted by Crippen LogP contribution is 2.51. The quantitative estimate of drug-likeness (QED) is 0.142. The summed E-state index contributed by atoms with van der Waals surface area (Å²) in [7, 11) is 0. The molecular formula is C128H78O2S. The highest BCUT2D eigenvalue weighted by atomic mass is 32.1. The number of rotatable bonds is 8. The molecule has 0 N–H and O–H groups in total. The molecule has 2 nitrogen and oxygen atoms in total. The molecule has 0 saturated carbocycles. The SMILES string of the molecule is c1ccc(-c2c3ccccc3c(-c3ccc4oc5cc6ccccc6cc5c4c3)c3ccccc23)cc1.c1ccc2cc3c(cc2c1)oc1ccc(-c2c4ccccc4c(-c4ccc(-c5cccc6ccccc56)cc4)c4ccccc24)cc13.c1ccc2cc3c(cc2c1)sc1ccc(-c2c4ccccc4c(-c4ccc(-c5cccc6ccccc56)cc4)c4ccccc24)cc13. The summed E-state index contributed by atoms with van der Waals surface area (Å²) in [5.74, 6) is 0. The molecule has 3 aromatic heterocycles. The second kappa shape index (κ2) is 31.0. The van der Waals surface area contributed by atoms with Gasteiger partial charge >= 0.3 is 0 Å². The van der Waals surface area contributed by atoms with E-state index in [1.807, 2.05) is 11.3 Å². The van der Waals surface area contributed by atoms with Crippen molar-refractivity contribution in [3.05, 3.63) is 473 Å². The Morgan fingerprint density at radius 1 is 0.122 bits per heavy atom. The van der Waals surface area contributed by atoms with Crippen LogP contribution < -0.4 is 0 Å². The van der Waals surface area contributed by atoms with Gasteiger partial charge in [0.25, 0.3) is 0 Å². The van der Waals surface area contributed by atoms with E-state index in [0.29, 0.717) is 0 Å². The van der Waals surface area contributed by atoms with Crippen molar-refractivity contribution in [2.75, 3.05) is 0 Å². The largest absolute Gasteiger partial charge is 0.456 e. The molecule has 25 aromatic carbocycles. The molecule has 28 aromatic rings. The number of hydrogen-bond acceptors (Lipinski definition) is 3. The summed E-state index contributed by atoms with van der Waals surface area (Å²) >= 11 is 1.89. The summed E-state index contributed by atoms with van der Waals surface area (Å²) in [6, 6.07) is 172. The van der Waals surface area contributed by atoms with E-state index in [1.54, 1.807) is 0 Å². The van der Waals surface area contributed by atoms with Crippen molar-refractivity contribution in [2.45, 2.75) is 0 Å². The third-order valence-electron chi connectivity index (χ3n) is 27.3. The lowest BCUT2D eigenvalue weighted by molar-refractivity contribution is 0.669. The van der Waals surface area contributed by atoms with Crippen molar-refractivity contribution in [2.24, 2.45) is 0 Å². The zero-order chi connectivity index (χ0) is 86.1. The second-order valence-corrected chi connectivity index (χ2v) is 35.7. The minimum atomic E-state index is 0.913. The average molecular weight is 1680 g/mol. The van der Waals surface area contributed by atoms with Gasteiger partial charge in [-0.3, -0.25) is 0 Å². The van der Waals surface area contributed by atoms with Gasteiger partial charge in [0.15, 0.2) is 0 Å². The third kappa shape index (κ3) is 12.8. The van der Waals surface area contributed by atoms with Crippen molar-refractivity contribution < 1.29 is 8.83 Å². The average Bonchev–Trinajstić information content (AvgIpc) is 1.53. The molecule has 0 aliphatic heterocycles. The maximum absolute atomic E-state index is 6.37. The minimum absolute atomic E-state index is 0.913. The molecule has 0 aliphatic carbocycles. The number of thiophene rings is 1. The molecule has 0 saturated heterocycles. The van der Waals surface area contributed by atoms with E-state index >= 15 is 0 Å². The Hall–Kier alpha value is -16.8. The van der Waals surface area contributed by atoms with E-state index in [9.17, 15) is 0 Å². The van der Waals surface area contributed by atoms with Crippen LogP contribution in [-0.2, 0) is 0 Å².